The van der Waals surface area contributed by atoms with E-state index in [1.807, 2.05) is 55.4 Å². The van der Waals surface area contributed by atoms with E-state index in [-0.39, 0.29) is 18.6 Å². The van der Waals surface area contributed by atoms with Crippen molar-refractivity contribution in [3.05, 3.63) is 0 Å². The van der Waals surface area contributed by atoms with Crippen molar-refractivity contribution in [1.29, 1.82) is 0 Å². The molecule has 0 aromatic carbocycles. The maximum absolute atomic E-state index is 11.8. The maximum atomic E-state index is 11.8. The molecule has 0 amide bonds. The molecule has 2 bridgehead atoms. The second-order valence-corrected chi connectivity index (χ2v) is 27.7. The molecule has 11 rings (SSSR count). The van der Waals surface area contributed by atoms with E-state index < -0.39 is 0 Å². The van der Waals surface area contributed by atoms with Crippen molar-refractivity contribution >= 4 is 17.5 Å². The lowest BCUT2D eigenvalue weighted by Gasteiger charge is -2.35. The van der Waals surface area contributed by atoms with Crippen LogP contribution in [0, 0.1) is 34.5 Å². The highest BCUT2D eigenvalue weighted by Gasteiger charge is 2.62. The Morgan fingerprint density at radius 1 is 0.471 bits per heavy atom. The number of hydrogen-bond acceptors (Lipinski definition) is 10. The van der Waals surface area contributed by atoms with Gasteiger partial charge in [-0.25, -0.2) is 0 Å². The monoisotopic (exact) mass is 1260 g/mol. The van der Waals surface area contributed by atoms with Crippen molar-refractivity contribution in [3.8, 4) is 0 Å². The first kappa shape index (κ1) is 90.9. The highest BCUT2D eigenvalue weighted by molar-refractivity contribution is 8.00. The summed E-state index contributed by atoms with van der Waals surface area (Å²) in [5, 5.41) is 1.01. The van der Waals surface area contributed by atoms with Crippen molar-refractivity contribution in [2.45, 2.75) is 386 Å². The molecule has 8 heterocycles. The molecule has 0 aromatic heterocycles. The van der Waals surface area contributed by atoms with Crippen LogP contribution in [0.3, 0.4) is 0 Å². The summed E-state index contributed by atoms with van der Waals surface area (Å²) in [5.74, 6) is 5.14. The Bertz CT molecular complexity index is 1320. The molecule has 0 spiro atoms. The molecular weight excluding hydrogens is 1100 g/mol. The highest BCUT2D eigenvalue weighted by Crippen LogP contribution is 2.65. The number of nitrogens with zero attached hydrogens (tertiary/aromatic N) is 1. The largest absolute Gasteiger partial charge is 0.381 e. The van der Waals surface area contributed by atoms with Crippen LogP contribution in [0.4, 0.5) is 0 Å². The number of carbonyl (C=O) groups is 1. The molecule has 10 atom stereocenters. The minimum absolute atomic E-state index is 0. The lowest BCUT2D eigenvalue weighted by atomic mass is 9.67. The summed E-state index contributed by atoms with van der Waals surface area (Å²) < 4.78 is 37.1. The van der Waals surface area contributed by atoms with Gasteiger partial charge in [-0.15, -0.1) is 0 Å². The molecule has 11 fully saturated rings. The number of rotatable bonds is 10. The Kier molecular flexibility index (Phi) is 60.9. The number of likely N-dealkylation sites (tertiary alicyclic amines) is 1. The summed E-state index contributed by atoms with van der Waals surface area (Å²) in [5.41, 5.74) is 0.358. The van der Waals surface area contributed by atoms with Gasteiger partial charge in [0.25, 0.3) is 0 Å². The van der Waals surface area contributed by atoms with Gasteiger partial charge in [-0.3, -0.25) is 4.79 Å². The summed E-state index contributed by atoms with van der Waals surface area (Å²) in [6, 6.07) is 0.898. The molecule has 0 radical (unpaired) electrons. The van der Waals surface area contributed by atoms with Crippen LogP contribution >= 0.6 is 11.8 Å². The van der Waals surface area contributed by atoms with Gasteiger partial charge in [0.1, 0.15) is 5.78 Å². The molecule has 10 unspecified atom stereocenters. The zero-order valence-corrected chi connectivity index (χ0v) is 62.7. The molecule has 10 heteroatoms. The predicted octanol–water partition coefficient (Wildman–Crippen LogP) is 22.8. The Balaban J connectivity index is -0.000000895. The van der Waals surface area contributed by atoms with E-state index in [0.29, 0.717) is 41.5 Å². The van der Waals surface area contributed by atoms with Crippen LogP contribution in [0.1, 0.15) is 345 Å². The minimum Gasteiger partial charge on any atom is -0.381 e. The Labute approximate surface area is 550 Å². The quantitative estimate of drug-likeness (QED) is 0.211. The molecule has 3 aliphatic carbocycles. The summed E-state index contributed by atoms with van der Waals surface area (Å²) in [7, 11) is 2.22. The van der Waals surface area contributed by atoms with Gasteiger partial charge >= 0.3 is 0 Å². The van der Waals surface area contributed by atoms with Crippen LogP contribution in [0.15, 0.2) is 0 Å². The average molecular weight is 1260 g/mol. The Hall–Kier alpha value is -0.300. The van der Waals surface area contributed by atoms with Gasteiger partial charge < -0.3 is 38.1 Å². The van der Waals surface area contributed by atoms with Crippen LogP contribution < -0.4 is 0 Å². The van der Waals surface area contributed by atoms with Gasteiger partial charge in [-0.1, -0.05) is 183 Å². The van der Waals surface area contributed by atoms with Crippen molar-refractivity contribution < 1.29 is 38.0 Å². The smallest absolute Gasteiger partial charge is 0.163 e. The molecule has 8 saturated heterocycles. The van der Waals surface area contributed by atoms with Crippen LogP contribution in [-0.4, -0.2) is 124 Å². The van der Waals surface area contributed by atoms with Gasteiger partial charge in [-0.2, -0.15) is 11.8 Å². The van der Waals surface area contributed by atoms with E-state index in [0.717, 1.165) is 108 Å². The molecule has 3 saturated carbocycles. The SMILES string of the molecule is C.CC.CC.CC.CCC12CCC(CC1=O)C2(C)C.CCC1CCCCC1.CCC1CCCN1C.CCC1CCCO1.CCC1CCCO1.CCC1CCCO1.CCC1CCCOC1.CCC1CCCS1.CCC1CCOC1.CCC1COC(C)(C)O1. The minimum atomic E-state index is -0.333. The Morgan fingerprint density at radius 2 is 0.954 bits per heavy atom. The zero-order valence-electron chi connectivity index (χ0n) is 61.9. The van der Waals surface area contributed by atoms with Gasteiger partial charge in [0.05, 0.1) is 31.0 Å². The normalized spacial score (nSPS) is 30.1. The third kappa shape index (κ3) is 39.2. The van der Waals surface area contributed by atoms with E-state index in [1.54, 1.807) is 0 Å². The van der Waals surface area contributed by atoms with Crippen LogP contribution in [0.25, 0.3) is 0 Å². The molecule has 0 N–H and O–H groups in total. The first-order valence-electron chi connectivity index (χ1n) is 37.7. The molecule has 526 valence electrons. The third-order valence-corrected chi connectivity index (χ3v) is 21.6. The van der Waals surface area contributed by atoms with Crippen LogP contribution in [-0.2, 0) is 38.0 Å². The fourth-order valence-electron chi connectivity index (χ4n) is 13.6. The predicted molar refractivity (Wildman–Crippen MR) is 384 cm³/mol. The Morgan fingerprint density at radius 3 is 1.17 bits per heavy atom. The number of ketones is 1. The molecule has 0 aromatic rings. The standard InChI is InChI=1S/C11H18O.C8H16.C7H15N.C7H14O2.C7H14O.4C6H12O.C6H12S.3C2H6.CH4/c1-4-11-6-5-8(7-9(11)12)10(11,2)3;1-2-8-6-4-3-5-7-8;1-3-7-5-4-6-8(7)2;1-4-6-5-8-7(2,3)9-6;1-2-7-4-3-5-8-6-7;1-2-6-3-4-7-5-6;4*1-2-6-4-3-5-7-6;3*1-2;/h8H,4-7H2,1-3H3;8H,2-7H2,1H3;7H,3-6H2,1-2H3;6H,4-5H2,1-3H3;7H,2-6H2,1H3;5*6H,2-5H2,1H3;3*1-2H3;1H4. The molecule has 11 aliphatic rings. The molecule has 9 nitrogen and oxygen atoms in total. The summed E-state index contributed by atoms with van der Waals surface area (Å²) >= 11 is 2.14. The maximum Gasteiger partial charge on any atom is 0.163 e. The highest BCUT2D eigenvalue weighted by atomic mass is 32.2. The van der Waals surface area contributed by atoms with Gasteiger partial charge in [0.2, 0.25) is 0 Å². The van der Waals surface area contributed by atoms with E-state index in [4.69, 9.17) is 33.2 Å². The van der Waals surface area contributed by atoms with E-state index >= 15 is 0 Å². The summed E-state index contributed by atoms with van der Waals surface area (Å²) in [4.78, 5) is 14.3. The third-order valence-electron chi connectivity index (χ3n) is 20.1. The van der Waals surface area contributed by atoms with E-state index in [1.165, 1.54) is 186 Å². The number of Topliss-reactive ketones (excluding diaryl/α,β-unsaturated/α-hetero) is 1. The van der Waals surface area contributed by atoms with Crippen LogP contribution in [0.2, 0.25) is 0 Å². The van der Waals surface area contributed by atoms with Crippen molar-refractivity contribution in [3.63, 3.8) is 0 Å². The topological polar surface area (TPSA) is 84.9 Å². The second kappa shape index (κ2) is 58.3. The first-order valence-corrected chi connectivity index (χ1v) is 38.8. The fraction of sp³-hybridized carbons (Fsp3) is 0.987. The first-order chi connectivity index (χ1) is 41.5. The number of fused-ring (bicyclic) bond motifs is 2. The van der Waals surface area contributed by atoms with E-state index in [9.17, 15) is 4.79 Å². The average Bonchev–Trinajstić information content (AvgIpc) is 1.58. The molecule has 87 heavy (non-hydrogen) atoms. The lowest BCUT2D eigenvalue weighted by molar-refractivity contribution is -0.138. The lowest BCUT2D eigenvalue weighted by Crippen LogP contribution is -2.34. The number of carbonyl (C=O) groups excluding carboxylic acids is 1. The number of ether oxygens (including phenoxy) is 7. The number of thioether (sulfide) groups is 1. The molecule has 8 aliphatic heterocycles. The van der Waals surface area contributed by atoms with Gasteiger partial charge in [0.15, 0.2) is 5.79 Å². The van der Waals surface area contributed by atoms with Crippen molar-refractivity contribution in [2.24, 2.45) is 34.5 Å². The zero-order chi connectivity index (χ0) is 65.1. The van der Waals surface area contributed by atoms with E-state index in [2.05, 4.69) is 107 Å². The number of hydrogen-bond donors (Lipinski definition) is 0. The van der Waals surface area contributed by atoms with Gasteiger partial charge in [-0.05, 0) is 204 Å². The van der Waals surface area contributed by atoms with Crippen molar-refractivity contribution in [1.82, 2.24) is 4.90 Å². The summed E-state index contributed by atoms with van der Waals surface area (Å²) in [6.07, 6.45) is 42.7. The second-order valence-electron chi connectivity index (χ2n) is 26.3. The van der Waals surface area contributed by atoms with Crippen LogP contribution in [0.5, 0.6) is 0 Å². The molecular formula is C77H159NO8S. The fourth-order valence-corrected chi connectivity index (χ4v) is 14.8. The van der Waals surface area contributed by atoms with Crippen molar-refractivity contribution in [2.75, 3.05) is 72.2 Å². The van der Waals surface area contributed by atoms with Gasteiger partial charge in [0, 0.05) is 69.4 Å². The summed E-state index contributed by atoms with van der Waals surface area (Å²) in [6.45, 7) is 51.7.